The van der Waals surface area contributed by atoms with Gasteiger partial charge in [-0.3, -0.25) is 4.79 Å². The number of carbonyl (C=O) groups is 1. The fourth-order valence-electron chi connectivity index (χ4n) is 4.33. The Kier molecular flexibility index (Phi) is 4.64. The van der Waals surface area contributed by atoms with Crippen LogP contribution in [0.5, 0.6) is 0 Å². The van der Waals surface area contributed by atoms with Gasteiger partial charge in [-0.1, -0.05) is 6.07 Å². The number of hydrogen-bond acceptors (Lipinski definition) is 5. The Morgan fingerprint density at radius 1 is 1.18 bits per heavy atom. The van der Waals surface area contributed by atoms with Gasteiger partial charge in [0.15, 0.2) is 0 Å². The SMILES string of the molecule is NCc1ccc2nc(C(=O)N3CCCC(c4nc5c(s4)CCCC5)C3)cn2c1. The summed E-state index contributed by atoms with van der Waals surface area (Å²) in [5.41, 5.74) is 9.34. The van der Waals surface area contributed by atoms with E-state index < -0.39 is 0 Å². The van der Waals surface area contributed by atoms with E-state index in [1.807, 2.05) is 45.2 Å². The molecule has 1 saturated heterocycles. The molecule has 1 fully saturated rings. The summed E-state index contributed by atoms with van der Waals surface area (Å²) in [4.78, 5) is 26.0. The number of aromatic nitrogens is 3. The largest absolute Gasteiger partial charge is 0.337 e. The zero-order chi connectivity index (χ0) is 19.1. The van der Waals surface area contributed by atoms with Crippen LogP contribution in [0.4, 0.5) is 0 Å². The summed E-state index contributed by atoms with van der Waals surface area (Å²) in [5, 5.41) is 1.23. The minimum absolute atomic E-state index is 0.0176. The van der Waals surface area contributed by atoms with E-state index in [2.05, 4.69) is 4.98 Å². The van der Waals surface area contributed by atoms with Gasteiger partial charge in [0.05, 0.1) is 10.7 Å². The quantitative estimate of drug-likeness (QED) is 0.739. The second-order valence-corrected chi connectivity index (χ2v) is 8.97. The van der Waals surface area contributed by atoms with Crippen molar-refractivity contribution in [2.75, 3.05) is 13.1 Å². The molecule has 0 aromatic carbocycles. The van der Waals surface area contributed by atoms with Gasteiger partial charge < -0.3 is 15.0 Å². The van der Waals surface area contributed by atoms with Gasteiger partial charge in [-0.05, 0) is 50.2 Å². The summed E-state index contributed by atoms with van der Waals surface area (Å²) in [5.74, 6) is 0.373. The van der Waals surface area contributed by atoms with Crippen LogP contribution in [0.25, 0.3) is 5.65 Å². The molecule has 4 heterocycles. The number of carbonyl (C=O) groups excluding carboxylic acids is 1. The van der Waals surface area contributed by atoms with Crippen LogP contribution in [-0.4, -0.2) is 38.3 Å². The number of rotatable bonds is 3. The molecule has 2 N–H and O–H groups in total. The van der Waals surface area contributed by atoms with Crippen molar-refractivity contribution in [3.05, 3.63) is 51.4 Å². The van der Waals surface area contributed by atoms with Gasteiger partial charge in [0.2, 0.25) is 0 Å². The number of hydrogen-bond donors (Lipinski definition) is 1. The summed E-state index contributed by atoms with van der Waals surface area (Å²) in [6, 6.07) is 3.87. The average molecular weight is 396 g/mol. The molecule has 5 rings (SSSR count). The van der Waals surface area contributed by atoms with Gasteiger partial charge in [-0.2, -0.15) is 0 Å². The van der Waals surface area contributed by atoms with Crippen LogP contribution in [0.2, 0.25) is 0 Å². The van der Waals surface area contributed by atoms with Gasteiger partial charge in [0.1, 0.15) is 11.3 Å². The molecule has 0 spiro atoms. The Morgan fingerprint density at radius 2 is 2.07 bits per heavy atom. The molecule has 1 amide bonds. The van der Waals surface area contributed by atoms with Crippen LogP contribution in [0.15, 0.2) is 24.5 Å². The summed E-state index contributed by atoms with van der Waals surface area (Å²) in [6.45, 7) is 2.01. The average Bonchev–Trinajstić information content (AvgIpc) is 3.36. The van der Waals surface area contributed by atoms with E-state index in [0.29, 0.717) is 18.2 Å². The third kappa shape index (κ3) is 3.22. The zero-order valence-corrected chi connectivity index (χ0v) is 16.7. The number of amides is 1. The molecular weight excluding hydrogens is 370 g/mol. The molecule has 2 aliphatic rings. The highest BCUT2D eigenvalue weighted by molar-refractivity contribution is 7.11. The van der Waals surface area contributed by atoms with Crippen LogP contribution >= 0.6 is 11.3 Å². The van der Waals surface area contributed by atoms with E-state index in [9.17, 15) is 4.79 Å². The van der Waals surface area contributed by atoms with Gasteiger partial charge in [0.25, 0.3) is 5.91 Å². The summed E-state index contributed by atoms with van der Waals surface area (Å²) < 4.78 is 1.89. The van der Waals surface area contributed by atoms with Crippen LogP contribution in [0.1, 0.15) is 63.2 Å². The van der Waals surface area contributed by atoms with E-state index in [1.54, 1.807) is 0 Å². The predicted octanol–water partition coefficient (Wildman–Crippen LogP) is 3.15. The summed E-state index contributed by atoms with van der Waals surface area (Å²) in [6.07, 6.45) is 10.7. The second kappa shape index (κ2) is 7.29. The van der Waals surface area contributed by atoms with E-state index in [1.165, 1.54) is 34.8 Å². The molecule has 1 atom stereocenters. The molecule has 1 aliphatic carbocycles. The van der Waals surface area contributed by atoms with Crippen molar-refractivity contribution < 1.29 is 4.79 Å². The lowest BCUT2D eigenvalue weighted by Crippen LogP contribution is -2.39. The zero-order valence-electron chi connectivity index (χ0n) is 15.9. The molecule has 6 nitrogen and oxygen atoms in total. The number of nitrogens with two attached hydrogens (primary N) is 1. The van der Waals surface area contributed by atoms with Crippen LogP contribution in [-0.2, 0) is 19.4 Å². The van der Waals surface area contributed by atoms with Crippen molar-refractivity contribution in [1.29, 1.82) is 0 Å². The van der Waals surface area contributed by atoms with Gasteiger partial charge in [0, 0.05) is 42.8 Å². The number of fused-ring (bicyclic) bond motifs is 2. The fraction of sp³-hybridized carbons (Fsp3) is 0.476. The van der Waals surface area contributed by atoms with E-state index in [4.69, 9.17) is 10.7 Å². The van der Waals surface area contributed by atoms with Crippen molar-refractivity contribution in [3.63, 3.8) is 0 Å². The highest BCUT2D eigenvalue weighted by Gasteiger charge is 2.29. The van der Waals surface area contributed by atoms with Gasteiger partial charge in [-0.15, -0.1) is 11.3 Å². The molecule has 3 aromatic rings. The molecular formula is C21H25N5OS. The maximum Gasteiger partial charge on any atom is 0.274 e. The summed E-state index contributed by atoms with van der Waals surface area (Å²) in [7, 11) is 0. The lowest BCUT2D eigenvalue weighted by atomic mass is 9.98. The topological polar surface area (TPSA) is 76.5 Å². The van der Waals surface area contributed by atoms with Crippen molar-refractivity contribution >= 4 is 22.9 Å². The highest BCUT2D eigenvalue weighted by Crippen LogP contribution is 2.35. The Labute approximate surface area is 168 Å². The van der Waals surface area contributed by atoms with Gasteiger partial charge in [-0.25, -0.2) is 9.97 Å². The van der Waals surface area contributed by atoms with Crippen LogP contribution in [0.3, 0.4) is 0 Å². The number of piperidine rings is 1. The van der Waals surface area contributed by atoms with Crippen LogP contribution < -0.4 is 5.73 Å². The molecule has 0 bridgehead atoms. The van der Waals surface area contributed by atoms with Crippen molar-refractivity contribution in [2.45, 2.75) is 51.0 Å². The minimum atomic E-state index is 0.0176. The van der Waals surface area contributed by atoms with Crippen molar-refractivity contribution in [2.24, 2.45) is 5.73 Å². The van der Waals surface area contributed by atoms with Crippen LogP contribution in [0, 0.1) is 0 Å². The number of pyridine rings is 1. The third-order valence-corrected chi connectivity index (χ3v) is 7.21. The Balaban J connectivity index is 1.35. The first kappa shape index (κ1) is 17.8. The monoisotopic (exact) mass is 395 g/mol. The van der Waals surface area contributed by atoms with Crippen molar-refractivity contribution in [1.82, 2.24) is 19.3 Å². The molecule has 0 saturated carbocycles. The summed E-state index contributed by atoms with van der Waals surface area (Å²) >= 11 is 1.88. The molecule has 1 aliphatic heterocycles. The first-order chi connectivity index (χ1) is 13.7. The Hall–Kier alpha value is -2.25. The van der Waals surface area contributed by atoms with E-state index >= 15 is 0 Å². The number of imidazole rings is 1. The smallest absolute Gasteiger partial charge is 0.274 e. The fourth-order valence-corrected chi connectivity index (χ4v) is 5.61. The maximum absolute atomic E-state index is 13.1. The highest BCUT2D eigenvalue weighted by atomic mass is 32.1. The van der Waals surface area contributed by atoms with E-state index in [-0.39, 0.29) is 5.91 Å². The lowest BCUT2D eigenvalue weighted by Gasteiger charge is -2.31. The maximum atomic E-state index is 13.1. The first-order valence-corrected chi connectivity index (χ1v) is 11.0. The molecule has 3 aromatic heterocycles. The van der Waals surface area contributed by atoms with Crippen molar-refractivity contribution in [3.8, 4) is 0 Å². The third-order valence-electron chi connectivity index (χ3n) is 5.89. The van der Waals surface area contributed by atoms with E-state index in [0.717, 1.165) is 43.6 Å². The Bertz CT molecular complexity index is 1000. The minimum Gasteiger partial charge on any atom is -0.337 e. The molecule has 7 heteroatoms. The first-order valence-electron chi connectivity index (χ1n) is 10.2. The molecule has 0 radical (unpaired) electrons. The number of aryl methyl sites for hydroxylation is 2. The second-order valence-electron chi connectivity index (χ2n) is 7.85. The normalized spacial score (nSPS) is 19.8. The number of nitrogens with zero attached hydrogens (tertiary/aromatic N) is 4. The Morgan fingerprint density at radius 3 is 2.93 bits per heavy atom. The lowest BCUT2D eigenvalue weighted by molar-refractivity contribution is 0.0701. The standard InChI is InChI=1S/C21H25N5OS/c22-10-14-7-8-19-23-17(13-26(19)11-14)21(27)25-9-3-4-15(12-25)20-24-16-5-1-2-6-18(16)28-20/h7-8,11,13,15H,1-6,9-10,12,22H2. The molecule has 28 heavy (non-hydrogen) atoms. The number of likely N-dealkylation sites (tertiary alicyclic amines) is 1. The number of thiazole rings is 1. The van der Waals surface area contributed by atoms with Gasteiger partial charge >= 0.3 is 0 Å². The predicted molar refractivity (Wildman–Crippen MR) is 110 cm³/mol. The molecule has 146 valence electrons. The molecule has 1 unspecified atom stereocenters.